The molecule has 94 valence electrons. The zero-order chi connectivity index (χ0) is 13.2. The van der Waals surface area contributed by atoms with Crippen molar-refractivity contribution in [2.24, 2.45) is 0 Å². The number of aromatic nitrogens is 3. The van der Waals surface area contributed by atoms with E-state index in [0.29, 0.717) is 5.95 Å². The van der Waals surface area contributed by atoms with Crippen LogP contribution in [0.15, 0.2) is 42.5 Å². The lowest BCUT2D eigenvalue weighted by Crippen LogP contribution is -2.03. The third-order valence-electron chi connectivity index (χ3n) is 2.66. The highest BCUT2D eigenvalue weighted by Gasteiger charge is 2.05. The van der Waals surface area contributed by atoms with Gasteiger partial charge in [-0.05, 0) is 23.1 Å². The summed E-state index contributed by atoms with van der Waals surface area (Å²) < 4.78 is 0. The van der Waals surface area contributed by atoms with Gasteiger partial charge in [0.05, 0.1) is 0 Å². The molecule has 0 radical (unpaired) electrons. The predicted octanol–water partition coefficient (Wildman–Crippen LogP) is 3.00. The van der Waals surface area contributed by atoms with Crippen molar-refractivity contribution in [1.82, 2.24) is 15.0 Å². The number of anilines is 3. The zero-order valence-electron chi connectivity index (χ0n) is 9.84. The number of nitrogens with two attached hydrogens (primary N) is 1. The first-order valence-electron chi connectivity index (χ1n) is 5.64. The summed E-state index contributed by atoms with van der Waals surface area (Å²) in [5, 5.41) is 5.36. The molecule has 0 amide bonds. The van der Waals surface area contributed by atoms with Crippen molar-refractivity contribution in [1.29, 1.82) is 0 Å². The maximum Gasteiger partial charge on any atom is 0.233 e. The SMILES string of the molecule is Nc1nc(Cl)nc(Nc2cccc3ccccc23)n1. The van der Waals surface area contributed by atoms with Crippen LogP contribution in [0.25, 0.3) is 10.8 Å². The van der Waals surface area contributed by atoms with Crippen molar-refractivity contribution in [2.45, 2.75) is 0 Å². The highest BCUT2D eigenvalue weighted by atomic mass is 35.5. The van der Waals surface area contributed by atoms with Crippen LogP contribution in [0, 0.1) is 0 Å². The Labute approximate surface area is 114 Å². The quantitative estimate of drug-likeness (QED) is 0.749. The van der Waals surface area contributed by atoms with Crippen LogP contribution in [-0.2, 0) is 0 Å². The van der Waals surface area contributed by atoms with Gasteiger partial charge in [0.1, 0.15) is 0 Å². The average molecular weight is 272 g/mol. The molecule has 1 aromatic heterocycles. The molecule has 0 bridgehead atoms. The third-order valence-corrected chi connectivity index (χ3v) is 2.83. The molecule has 0 saturated heterocycles. The lowest BCUT2D eigenvalue weighted by molar-refractivity contribution is 1.07. The van der Waals surface area contributed by atoms with Crippen LogP contribution in [0.1, 0.15) is 0 Å². The molecule has 0 spiro atoms. The Morgan fingerprint density at radius 3 is 2.58 bits per heavy atom. The van der Waals surface area contributed by atoms with E-state index >= 15 is 0 Å². The fraction of sp³-hybridized carbons (Fsp3) is 0. The summed E-state index contributed by atoms with van der Waals surface area (Å²) in [7, 11) is 0. The molecule has 3 aromatic rings. The Morgan fingerprint density at radius 2 is 1.74 bits per heavy atom. The minimum Gasteiger partial charge on any atom is -0.368 e. The van der Waals surface area contributed by atoms with E-state index in [0.717, 1.165) is 16.5 Å². The van der Waals surface area contributed by atoms with Crippen molar-refractivity contribution < 1.29 is 0 Å². The maximum absolute atomic E-state index is 5.75. The molecule has 19 heavy (non-hydrogen) atoms. The van der Waals surface area contributed by atoms with Crippen LogP contribution in [0.3, 0.4) is 0 Å². The smallest absolute Gasteiger partial charge is 0.233 e. The van der Waals surface area contributed by atoms with E-state index in [9.17, 15) is 0 Å². The molecule has 5 nitrogen and oxygen atoms in total. The normalized spacial score (nSPS) is 10.6. The van der Waals surface area contributed by atoms with Gasteiger partial charge in [-0.2, -0.15) is 15.0 Å². The lowest BCUT2D eigenvalue weighted by Gasteiger charge is -2.08. The Kier molecular flexibility index (Phi) is 2.89. The number of nitrogens with zero attached hydrogens (tertiary/aromatic N) is 3. The van der Waals surface area contributed by atoms with Gasteiger partial charge in [0.2, 0.25) is 17.2 Å². The minimum absolute atomic E-state index is 0.0650. The maximum atomic E-state index is 5.75. The summed E-state index contributed by atoms with van der Waals surface area (Å²) in [5.74, 6) is 0.414. The van der Waals surface area contributed by atoms with E-state index in [1.54, 1.807) is 0 Å². The second-order valence-electron chi connectivity index (χ2n) is 3.94. The standard InChI is InChI=1S/C13H10ClN5/c14-11-17-12(15)19-13(18-11)16-10-7-3-5-8-4-1-2-6-9(8)10/h1-7H,(H3,15,16,17,18,19). The summed E-state index contributed by atoms with van der Waals surface area (Å²) in [6.07, 6.45) is 0. The second-order valence-corrected chi connectivity index (χ2v) is 4.28. The van der Waals surface area contributed by atoms with Crippen molar-refractivity contribution in [3.8, 4) is 0 Å². The van der Waals surface area contributed by atoms with Crippen LogP contribution in [0.2, 0.25) is 5.28 Å². The van der Waals surface area contributed by atoms with E-state index in [2.05, 4.69) is 20.3 Å². The predicted molar refractivity (Wildman–Crippen MR) is 76.5 cm³/mol. The monoisotopic (exact) mass is 271 g/mol. The Morgan fingerprint density at radius 1 is 0.947 bits per heavy atom. The van der Waals surface area contributed by atoms with Crippen molar-refractivity contribution in [3.05, 3.63) is 47.7 Å². The number of rotatable bonds is 2. The van der Waals surface area contributed by atoms with Gasteiger partial charge in [0.15, 0.2) is 0 Å². The van der Waals surface area contributed by atoms with Crippen LogP contribution in [0.5, 0.6) is 0 Å². The fourth-order valence-electron chi connectivity index (χ4n) is 1.88. The first-order chi connectivity index (χ1) is 9.22. The van der Waals surface area contributed by atoms with Gasteiger partial charge in [-0.3, -0.25) is 0 Å². The molecule has 0 aliphatic rings. The first-order valence-corrected chi connectivity index (χ1v) is 6.02. The molecule has 3 N–H and O–H groups in total. The molecule has 2 aromatic carbocycles. The molecule has 3 rings (SSSR count). The van der Waals surface area contributed by atoms with Crippen molar-refractivity contribution in [2.75, 3.05) is 11.1 Å². The van der Waals surface area contributed by atoms with E-state index in [4.69, 9.17) is 17.3 Å². The number of nitrogen functional groups attached to an aromatic ring is 1. The molecule has 0 aliphatic heterocycles. The molecule has 0 saturated carbocycles. The summed E-state index contributed by atoms with van der Waals surface area (Å²) in [5.41, 5.74) is 6.43. The highest BCUT2D eigenvalue weighted by molar-refractivity contribution is 6.28. The van der Waals surface area contributed by atoms with Crippen LogP contribution in [0.4, 0.5) is 17.6 Å². The average Bonchev–Trinajstić information content (AvgIpc) is 2.38. The van der Waals surface area contributed by atoms with Gasteiger partial charge in [0.25, 0.3) is 0 Å². The Bertz CT molecular complexity index is 718. The Hall–Kier alpha value is -2.40. The largest absolute Gasteiger partial charge is 0.368 e. The van der Waals surface area contributed by atoms with Crippen LogP contribution in [-0.4, -0.2) is 15.0 Å². The van der Waals surface area contributed by atoms with E-state index in [-0.39, 0.29) is 11.2 Å². The number of halogens is 1. The molecule has 0 atom stereocenters. The molecule has 0 unspecified atom stereocenters. The van der Waals surface area contributed by atoms with E-state index in [1.807, 2.05) is 42.5 Å². The molecule has 0 fully saturated rings. The lowest BCUT2D eigenvalue weighted by atomic mass is 10.1. The first kappa shape index (κ1) is 11.7. The number of nitrogens with one attached hydrogen (secondary N) is 1. The van der Waals surface area contributed by atoms with E-state index in [1.165, 1.54) is 0 Å². The summed E-state index contributed by atoms with van der Waals surface area (Å²) in [6, 6.07) is 14.0. The number of fused-ring (bicyclic) bond motifs is 1. The van der Waals surface area contributed by atoms with Crippen LogP contribution >= 0.6 is 11.6 Å². The second kappa shape index (κ2) is 4.70. The van der Waals surface area contributed by atoms with Gasteiger partial charge >= 0.3 is 0 Å². The molecule has 1 heterocycles. The molecule has 0 aliphatic carbocycles. The molecular weight excluding hydrogens is 262 g/mol. The van der Waals surface area contributed by atoms with Crippen LogP contribution < -0.4 is 11.1 Å². The van der Waals surface area contributed by atoms with E-state index < -0.39 is 0 Å². The van der Waals surface area contributed by atoms with Gasteiger partial charge in [-0.1, -0.05) is 36.4 Å². The zero-order valence-corrected chi connectivity index (χ0v) is 10.6. The Balaban J connectivity index is 2.05. The van der Waals surface area contributed by atoms with Crippen molar-refractivity contribution in [3.63, 3.8) is 0 Å². The highest BCUT2D eigenvalue weighted by Crippen LogP contribution is 2.25. The van der Waals surface area contributed by atoms with Gasteiger partial charge < -0.3 is 11.1 Å². The topological polar surface area (TPSA) is 76.7 Å². The molecule has 6 heteroatoms. The van der Waals surface area contributed by atoms with Gasteiger partial charge in [-0.15, -0.1) is 0 Å². The molecular formula is C13H10ClN5. The summed E-state index contributed by atoms with van der Waals surface area (Å²) in [4.78, 5) is 11.7. The number of hydrogen-bond donors (Lipinski definition) is 2. The van der Waals surface area contributed by atoms with Crippen molar-refractivity contribution >= 4 is 40.0 Å². The number of hydrogen-bond acceptors (Lipinski definition) is 5. The minimum atomic E-state index is 0.0650. The summed E-state index contributed by atoms with van der Waals surface area (Å²) in [6.45, 7) is 0. The third kappa shape index (κ3) is 2.41. The van der Waals surface area contributed by atoms with Gasteiger partial charge in [0, 0.05) is 11.1 Å². The fourth-order valence-corrected chi connectivity index (χ4v) is 2.04. The van der Waals surface area contributed by atoms with Gasteiger partial charge in [-0.25, -0.2) is 0 Å². The number of benzene rings is 2. The summed E-state index contributed by atoms with van der Waals surface area (Å²) >= 11 is 5.75.